The second-order valence-electron chi connectivity index (χ2n) is 4.89. The predicted molar refractivity (Wildman–Crippen MR) is 86.8 cm³/mol. The molecule has 0 aliphatic rings. The fourth-order valence-corrected chi connectivity index (χ4v) is 2.99. The zero-order valence-corrected chi connectivity index (χ0v) is 13.0. The van der Waals surface area contributed by atoms with Gasteiger partial charge in [0.15, 0.2) is 0 Å². The summed E-state index contributed by atoms with van der Waals surface area (Å²) in [5.74, 6) is 0. The standard InChI is InChI=1S/C15H19N3O2S/c1-3-16-14-7-6-12(9-15(14)18(19)20)10-17(2)11-13-5-4-8-21-13/h4-9,16H,3,10-11H2,1-2H3. The van der Waals surface area contributed by atoms with Crippen molar-refractivity contribution >= 4 is 22.7 Å². The SMILES string of the molecule is CCNc1ccc(CN(C)Cc2cccs2)cc1[N+](=O)[O-]. The predicted octanol–water partition coefficient (Wildman–Crippen LogP) is 3.72. The molecule has 0 unspecified atom stereocenters. The molecule has 1 heterocycles. The van der Waals surface area contributed by atoms with E-state index >= 15 is 0 Å². The Morgan fingerprint density at radius 2 is 2.14 bits per heavy atom. The fraction of sp³-hybridized carbons (Fsp3) is 0.333. The normalized spacial score (nSPS) is 10.8. The summed E-state index contributed by atoms with van der Waals surface area (Å²) < 4.78 is 0. The fourth-order valence-electron chi connectivity index (χ4n) is 2.20. The number of thiophene rings is 1. The van der Waals surface area contributed by atoms with E-state index < -0.39 is 0 Å². The van der Waals surface area contributed by atoms with E-state index in [-0.39, 0.29) is 10.6 Å². The van der Waals surface area contributed by atoms with Crippen molar-refractivity contribution in [2.75, 3.05) is 18.9 Å². The molecule has 0 spiro atoms. The summed E-state index contributed by atoms with van der Waals surface area (Å²) >= 11 is 1.72. The Hall–Kier alpha value is -1.92. The highest BCUT2D eigenvalue weighted by molar-refractivity contribution is 7.09. The molecule has 0 aliphatic carbocycles. The molecule has 6 heteroatoms. The molecule has 2 rings (SSSR count). The summed E-state index contributed by atoms with van der Waals surface area (Å²) in [4.78, 5) is 14.3. The lowest BCUT2D eigenvalue weighted by Gasteiger charge is -2.16. The zero-order valence-electron chi connectivity index (χ0n) is 12.2. The Bertz CT molecular complexity index is 599. The molecule has 0 bridgehead atoms. The van der Waals surface area contributed by atoms with Gasteiger partial charge in [-0.05, 0) is 37.0 Å². The molecule has 0 saturated heterocycles. The second-order valence-corrected chi connectivity index (χ2v) is 5.92. The van der Waals surface area contributed by atoms with Crippen molar-refractivity contribution in [1.82, 2.24) is 4.90 Å². The number of nitrogens with one attached hydrogen (secondary N) is 1. The first kappa shape index (κ1) is 15.5. The minimum atomic E-state index is -0.333. The summed E-state index contributed by atoms with van der Waals surface area (Å²) in [6.45, 7) is 4.12. The lowest BCUT2D eigenvalue weighted by Crippen LogP contribution is -2.16. The van der Waals surface area contributed by atoms with Crippen LogP contribution in [0.1, 0.15) is 17.4 Å². The Labute approximate surface area is 128 Å². The molecule has 0 atom stereocenters. The van der Waals surface area contributed by atoms with Gasteiger partial charge in [0.05, 0.1) is 4.92 Å². The van der Waals surface area contributed by atoms with Crippen LogP contribution in [0.4, 0.5) is 11.4 Å². The van der Waals surface area contributed by atoms with Crippen LogP contribution in [0.2, 0.25) is 0 Å². The van der Waals surface area contributed by atoms with Crippen molar-refractivity contribution in [2.45, 2.75) is 20.0 Å². The van der Waals surface area contributed by atoms with Gasteiger partial charge in [0, 0.05) is 30.6 Å². The monoisotopic (exact) mass is 305 g/mol. The van der Waals surface area contributed by atoms with Crippen molar-refractivity contribution in [3.63, 3.8) is 0 Å². The van der Waals surface area contributed by atoms with E-state index in [0.717, 1.165) is 12.1 Å². The van der Waals surface area contributed by atoms with Gasteiger partial charge in [0.1, 0.15) is 5.69 Å². The van der Waals surface area contributed by atoms with E-state index in [1.165, 1.54) is 4.88 Å². The van der Waals surface area contributed by atoms with Crippen LogP contribution in [0, 0.1) is 10.1 Å². The van der Waals surface area contributed by atoms with Crippen molar-refractivity contribution < 1.29 is 4.92 Å². The van der Waals surface area contributed by atoms with E-state index in [9.17, 15) is 10.1 Å². The van der Waals surface area contributed by atoms with Gasteiger partial charge in [-0.15, -0.1) is 11.3 Å². The average molecular weight is 305 g/mol. The number of nitro groups is 1. The third kappa shape index (κ3) is 4.27. The third-order valence-corrected chi connectivity index (χ3v) is 3.95. The lowest BCUT2D eigenvalue weighted by molar-refractivity contribution is -0.384. The van der Waals surface area contributed by atoms with Gasteiger partial charge in [-0.25, -0.2) is 0 Å². The highest BCUT2D eigenvalue weighted by Gasteiger charge is 2.14. The largest absolute Gasteiger partial charge is 0.380 e. The minimum absolute atomic E-state index is 0.138. The van der Waals surface area contributed by atoms with Crippen LogP contribution in [0.3, 0.4) is 0 Å². The number of benzene rings is 1. The molecule has 1 N–H and O–H groups in total. The van der Waals surface area contributed by atoms with E-state index in [1.54, 1.807) is 23.5 Å². The quantitative estimate of drug-likeness (QED) is 0.625. The van der Waals surface area contributed by atoms with Gasteiger partial charge < -0.3 is 5.32 Å². The summed E-state index contributed by atoms with van der Waals surface area (Å²) in [5, 5.41) is 16.2. The number of hydrogen-bond donors (Lipinski definition) is 1. The molecular formula is C15H19N3O2S. The van der Waals surface area contributed by atoms with Crippen LogP contribution in [-0.2, 0) is 13.1 Å². The molecule has 112 valence electrons. The molecule has 2 aromatic rings. The molecule has 0 amide bonds. The van der Waals surface area contributed by atoms with E-state index in [0.29, 0.717) is 18.8 Å². The van der Waals surface area contributed by atoms with Crippen LogP contribution in [0.15, 0.2) is 35.7 Å². The van der Waals surface area contributed by atoms with Crippen molar-refractivity contribution in [3.05, 3.63) is 56.3 Å². The summed E-state index contributed by atoms with van der Waals surface area (Å²) in [6.07, 6.45) is 0. The molecule has 21 heavy (non-hydrogen) atoms. The van der Waals surface area contributed by atoms with Crippen LogP contribution >= 0.6 is 11.3 Å². The first-order valence-corrected chi connectivity index (χ1v) is 7.70. The van der Waals surface area contributed by atoms with Crippen molar-refractivity contribution in [3.8, 4) is 0 Å². The van der Waals surface area contributed by atoms with Crippen molar-refractivity contribution in [1.29, 1.82) is 0 Å². The van der Waals surface area contributed by atoms with Gasteiger partial charge >= 0.3 is 0 Å². The first-order valence-electron chi connectivity index (χ1n) is 6.82. The van der Waals surface area contributed by atoms with Gasteiger partial charge in [-0.3, -0.25) is 15.0 Å². The highest BCUT2D eigenvalue weighted by Crippen LogP contribution is 2.26. The topological polar surface area (TPSA) is 58.4 Å². The molecule has 0 radical (unpaired) electrons. The Kier molecular flexibility index (Phi) is 5.30. The number of anilines is 1. The van der Waals surface area contributed by atoms with Crippen LogP contribution in [-0.4, -0.2) is 23.4 Å². The molecule has 0 fully saturated rings. The smallest absolute Gasteiger partial charge is 0.292 e. The Morgan fingerprint density at radius 3 is 2.76 bits per heavy atom. The summed E-state index contributed by atoms with van der Waals surface area (Å²) in [6, 6.07) is 9.51. The maximum absolute atomic E-state index is 11.1. The lowest BCUT2D eigenvalue weighted by atomic mass is 10.1. The van der Waals surface area contributed by atoms with Gasteiger partial charge in [-0.1, -0.05) is 12.1 Å². The summed E-state index contributed by atoms with van der Waals surface area (Å²) in [7, 11) is 2.02. The molecule has 5 nitrogen and oxygen atoms in total. The Morgan fingerprint density at radius 1 is 1.33 bits per heavy atom. The van der Waals surface area contributed by atoms with E-state index in [4.69, 9.17) is 0 Å². The highest BCUT2D eigenvalue weighted by atomic mass is 32.1. The van der Waals surface area contributed by atoms with Crippen LogP contribution < -0.4 is 5.32 Å². The summed E-state index contributed by atoms with van der Waals surface area (Å²) in [5.41, 5.74) is 1.66. The van der Waals surface area contributed by atoms with Gasteiger partial charge in [-0.2, -0.15) is 0 Å². The first-order chi connectivity index (χ1) is 10.1. The molecule has 0 aliphatic heterocycles. The maximum Gasteiger partial charge on any atom is 0.292 e. The second kappa shape index (κ2) is 7.19. The number of rotatable bonds is 7. The number of nitrogens with zero attached hydrogens (tertiary/aromatic N) is 2. The third-order valence-electron chi connectivity index (χ3n) is 3.08. The average Bonchev–Trinajstić information content (AvgIpc) is 2.93. The molecule has 0 saturated carbocycles. The number of hydrogen-bond acceptors (Lipinski definition) is 5. The molecule has 1 aromatic carbocycles. The number of nitro benzene ring substituents is 1. The van der Waals surface area contributed by atoms with Crippen molar-refractivity contribution in [2.24, 2.45) is 0 Å². The minimum Gasteiger partial charge on any atom is -0.380 e. The molecular weight excluding hydrogens is 286 g/mol. The van der Waals surface area contributed by atoms with E-state index in [2.05, 4.69) is 21.7 Å². The zero-order chi connectivity index (χ0) is 15.2. The van der Waals surface area contributed by atoms with Crippen LogP contribution in [0.25, 0.3) is 0 Å². The van der Waals surface area contributed by atoms with Crippen LogP contribution in [0.5, 0.6) is 0 Å². The molecule has 1 aromatic heterocycles. The van der Waals surface area contributed by atoms with Gasteiger partial charge in [0.2, 0.25) is 0 Å². The maximum atomic E-state index is 11.1. The van der Waals surface area contributed by atoms with Gasteiger partial charge in [0.25, 0.3) is 5.69 Å². The van der Waals surface area contributed by atoms with E-state index in [1.807, 2.05) is 26.1 Å². The Balaban J connectivity index is 2.09.